The number of ether oxygens (including phenoxy) is 4. The number of hydrogen-bond donors (Lipinski definition) is 5. The number of aryl methyl sites for hydroxylation is 1. The van der Waals surface area contributed by atoms with Crippen LogP contribution in [0.2, 0.25) is 18.6 Å². The summed E-state index contributed by atoms with van der Waals surface area (Å²) in [6.07, 6.45) is 5.51. The van der Waals surface area contributed by atoms with Crippen LogP contribution in [0, 0.1) is 5.92 Å². The number of fused-ring (bicyclic) bond motifs is 4. The Kier molecular flexibility index (Phi) is 19.5. The molecule has 0 bridgehead atoms. The minimum absolute atomic E-state index is 0.0607. The fourth-order valence-electron chi connectivity index (χ4n) is 14.1. The van der Waals surface area contributed by atoms with E-state index in [9.17, 15) is 20.1 Å². The first-order chi connectivity index (χ1) is 43.3. The van der Waals surface area contributed by atoms with E-state index in [1.807, 2.05) is 151 Å². The van der Waals surface area contributed by atoms with Crippen LogP contribution in [0.15, 0.2) is 140 Å². The molecule has 19 heteroatoms. The molecule has 18 nitrogen and oxygen atoms in total. The molecule has 7 atom stereocenters. The zero-order valence-electron chi connectivity index (χ0n) is 51.9. The van der Waals surface area contributed by atoms with Gasteiger partial charge in [0.2, 0.25) is 11.8 Å². The number of anilines is 5. The lowest BCUT2D eigenvalue weighted by molar-refractivity contribution is -0.146. The van der Waals surface area contributed by atoms with Crippen molar-refractivity contribution in [3.63, 3.8) is 0 Å². The fraction of sp³-hybridized carbons (Fsp3) is 0.414. The summed E-state index contributed by atoms with van der Waals surface area (Å²) in [5, 5.41) is 47.0. The first kappa shape index (κ1) is 62.8. The molecule has 5 N–H and O–H groups in total. The Balaban J connectivity index is 0.997. The van der Waals surface area contributed by atoms with Crippen LogP contribution in [-0.2, 0) is 50.7 Å². The second-order valence-corrected chi connectivity index (χ2v) is 29.0. The predicted molar refractivity (Wildman–Crippen MR) is 347 cm³/mol. The molecule has 468 valence electrons. The number of benzene rings is 6. The summed E-state index contributed by atoms with van der Waals surface area (Å²) in [5.74, 6) is 0.993. The van der Waals surface area contributed by atoms with E-state index < -0.39 is 37.8 Å². The van der Waals surface area contributed by atoms with E-state index in [0.29, 0.717) is 105 Å². The molecule has 0 saturated carbocycles. The Morgan fingerprint density at radius 3 is 1.84 bits per heavy atom. The number of rotatable bonds is 27. The molecule has 4 aliphatic heterocycles. The highest BCUT2D eigenvalue weighted by Crippen LogP contribution is 2.61. The minimum atomic E-state index is -2.66. The van der Waals surface area contributed by atoms with Crippen LogP contribution >= 0.6 is 0 Å². The Morgan fingerprint density at radius 1 is 0.697 bits per heavy atom. The van der Waals surface area contributed by atoms with Crippen molar-refractivity contribution in [2.24, 2.45) is 5.92 Å². The highest BCUT2D eigenvalue weighted by atomic mass is 28.3. The van der Waals surface area contributed by atoms with Crippen molar-refractivity contribution in [3.05, 3.63) is 173 Å². The van der Waals surface area contributed by atoms with E-state index in [1.165, 1.54) is 5.19 Å². The van der Waals surface area contributed by atoms with Crippen molar-refractivity contribution < 1.29 is 48.7 Å². The van der Waals surface area contributed by atoms with Crippen molar-refractivity contribution in [1.82, 2.24) is 25.6 Å². The van der Waals surface area contributed by atoms with Crippen LogP contribution in [-0.4, -0.2) is 128 Å². The maximum absolute atomic E-state index is 16.5. The van der Waals surface area contributed by atoms with Crippen molar-refractivity contribution >= 4 is 59.4 Å². The van der Waals surface area contributed by atoms with Crippen LogP contribution in [0.5, 0.6) is 17.2 Å². The highest BCUT2D eigenvalue weighted by molar-refractivity contribution is 6.91. The van der Waals surface area contributed by atoms with Gasteiger partial charge in [0.25, 0.3) is 5.91 Å². The van der Waals surface area contributed by atoms with Gasteiger partial charge in [0.15, 0.2) is 5.60 Å². The van der Waals surface area contributed by atoms with Crippen LogP contribution < -0.4 is 44.7 Å². The monoisotopic (exact) mass is 1220 g/mol. The molecule has 1 fully saturated rings. The van der Waals surface area contributed by atoms with Gasteiger partial charge in [-0.1, -0.05) is 85.0 Å². The summed E-state index contributed by atoms with van der Waals surface area (Å²) in [6.45, 7) is 13.5. The van der Waals surface area contributed by atoms with Gasteiger partial charge in [-0.15, -0.1) is 5.10 Å². The summed E-state index contributed by atoms with van der Waals surface area (Å²) in [6, 6.07) is 42.4. The summed E-state index contributed by atoms with van der Waals surface area (Å²) in [5.41, 5.74) is 6.77. The van der Waals surface area contributed by atoms with Crippen molar-refractivity contribution in [2.45, 2.75) is 127 Å². The average molecular weight is 1230 g/mol. The molecule has 1 saturated heterocycles. The first-order valence-electron chi connectivity index (χ1n) is 31.6. The number of nitrogens with zero attached hydrogens (tertiary/aromatic N) is 6. The Labute approximate surface area is 522 Å². The smallest absolute Gasteiger partial charge is 0.264 e. The van der Waals surface area contributed by atoms with E-state index in [4.69, 9.17) is 18.9 Å². The standard InChI is InChI=1S/C70H84N8O10Si/c1-7-86-54-25-30-62-49(38-54)40-59(71-33-12-14-36-79)67(82)77(62)51-20-18-47(19-21-51)43-76-64-29-22-52(78-63-31-26-55(87-8-2)39-50(63)41-60(68(78)83)72-34-13-15-37-80)42-58(64)70(69(76)84)46(3)66(89(5,6)56-27-23-53(85-4)24-28-56)65(88-70)32-35-75-44-61(73-74-75)57(45-81)48-16-10-9-11-17-48/h9-11,16-31,38-39,42,44,46,57,59-60,65-66,71-72,79-81H,7-8,12-15,32-37,40-41,43,45H2,1-6H3/t46-,57?,59?,60?,65+,66-,70+/m1/s1. The molecule has 0 aliphatic carbocycles. The topological polar surface area (TPSA) is 213 Å². The van der Waals surface area contributed by atoms with E-state index in [-0.39, 0.29) is 55.5 Å². The van der Waals surface area contributed by atoms with Crippen LogP contribution in [0.3, 0.4) is 0 Å². The van der Waals surface area contributed by atoms with E-state index in [2.05, 4.69) is 53.1 Å². The molecule has 1 spiro atoms. The van der Waals surface area contributed by atoms with Crippen LogP contribution in [0.1, 0.15) is 92.3 Å². The van der Waals surface area contributed by atoms with Gasteiger partial charge in [-0.05, 0) is 179 Å². The van der Waals surface area contributed by atoms with Gasteiger partial charge in [0, 0.05) is 48.8 Å². The quantitative estimate of drug-likeness (QED) is 0.0240. The van der Waals surface area contributed by atoms with Gasteiger partial charge in [-0.25, -0.2) is 0 Å². The maximum atomic E-state index is 16.5. The molecule has 4 aliphatic rings. The molecule has 11 rings (SSSR count). The number of methoxy groups -OCH3 is 1. The second-order valence-electron chi connectivity index (χ2n) is 24.3. The van der Waals surface area contributed by atoms with Crippen LogP contribution in [0.4, 0.5) is 28.4 Å². The number of carbonyl (C=O) groups is 3. The predicted octanol–water partition coefficient (Wildman–Crippen LogP) is 8.96. The molecular weight excluding hydrogens is 1140 g/mol. The molecule has 3 unspecified atom stereocenters. The number of aromatic nitrogens is 3. The molecule has 6 aromatic carbocycles. The highest BCUT2D eigenvalue weighted by Gasteiger charge is 2.66. The van der Waals surface area contributed by atoms with Gasteiger partial charge in [0.1, 0.15) is 17.2 Å². The van der Waals surface area contributed by atoms with Gasteiger partial charge >= 0.3 is 0 Å². The molecule has 0 radical (unpaired) electrons. The number of aliphatic hydroxyl groups excluding tert-OH is 3. The number of aliphatic hydroxyl groups is 3. The SMILES string of the molecule is CCOc1ccc2c(c1)CC(NCCCCO)C(=O)N2c1ccc(CN2C(=O)[C@@]3(O[C@@H](CCn4cc(C(CO)c5ccccc5)nn4)[C@H]([Si](C)(C)c4ccc(OC)cc4)[C@H]3C)c3cc(N4C(=O)C(NCCCCO)Cc5cc(OCC)ccc54)ccc32)cc1. The van der Waals surface area contributed by atoms with Crippen molar-refractivity contribution in [1.29, 1.82) is 0 Å². The largest absolute Gasteiger partial charge is 0.497 e. The summed E-state index contributed by atoms with van der Waals surface area (Å²) in [7, 11) is -0.995. The van der Waals surface area contributed by atoms with E-state index in [0.717, 1.165) is 51.5 Å². The summed E-state index contributed by atoms with van der Waals surface area (Å²) >= 11 is 0. The van der Waals surface area contributed by atoms with Crippen LogP contribution in [0.25, 0.3) is 0 Å². The van der Waals surface area contributed by atoms with E-state index >= 15 is 9.59 Å². The Hall–Kier alpha value is -7.75. The third-order valence-electron chi connectivity index (χ3n) is 18.6. The number of hydrogen-bond acceptors (Lipinski definition) is 14. The lowest BCUT2D eigenvalue weighted by atomic mass is 9.82. The fourth-order valence-corrected chi connectivity index (χ4v) is 18.2. The third kappa shape index (κ3) is 12.5. The van der Waals surface area contributed by atoms with Crippen molar-refractivity contribution in [3.8, 4) is 17.2 Å². The Bertz CT molecular complexity index is 3610. The minimum Gasteiger partial charge on any atom is -0.497 e. The van der Waals surface area contributed by atoms with Gasteiger partial charge < -0.3 is 49.8 Å². The lowest BCUT2D eigenvalue weighted by Crippen LogP contribution is -2.52. The third-order valence-corrected chi connectivity index (χ3v) is 23.0. The zero-order valence-corrected chi connectivity index (χ0v) is 52.9. The summed E-state index contributed by atoms with van der Waals surface area (Å²) < 4.78 is 27.1. The molecular formula is C70H84N8O10Si. The molecule has 7 aromatic rings. The molecule has 5 heterocycles. The normalized spacial score (nSPS) is 20.9. The number of nitrogens with one attached hydrogen (secondary N) is 2. The first-order valence-corrected chi connectivity index (χ1v) is 34.7. The number of unbranched alkanes of at least 4 members (excludes halogenated alkanes) is 2. The number of amides is 3. The van der Waals surface area contributed by atoms with Gasteiger partial charge in [0.05, 0.1) is 88.4 Å². The van der Waals surface area contributed by atoms with E-state index in [1.54, 1.807) is 16.9 Å². The molecule has 3 amide bonds. The van der Waals surface area contributed by atoms with Gasteiger partial charge in [-0.2, -0.15) is 0 Å². The average Bonchev–Trinajstić information content (AvgIpc) is 1.54. The van der Waals surface area contributed by atoms with Crippen molar-refractivity contribution in [2.75, 3.05) is 67.9 Å². The molecule has 1 aromatic heterocycles. The zero-order chi connectivity index (χ0) is 62.4. The summed E-state index contributed by atoms with van der Waals surface area (Å²) in [4.78, 5) is 51.6. The molecule has 89 heavy (non-hydrogen) atoms. The Morgan fingerprint density at radius 2 is 1.27 bits per heavy atom. The number of carbonyl (C=O) groups excluding carboxylic acids is 3. The maximum Gasteiger partial charge on any atom is 0.264 e. The lowest BCUT2D eigenvalue weighted by Gasteiger charge is -2.37. The second kappa shape index (κ2) is 27.6. The van der Waals surface area contributed by atoms with Gasteiger partial charge in [-0.3, -0.25) is 28.9 Å².